The molecule has 0 aliphatic heterocycles. The van der Waals surface area contributed by atoms with Gasteiger partial charge in [0.1, 0.15) is 13.2 Å². The average Bonchev–Trinajstić information content (AvgIpc) is 3.34. The summed E-state index contributed by atoms with van der Waals surface area (Å²) in [6.45, 7) is 6.60. The van der Waals surface area contributed by atoms with Crippen LogP contribution in [0.1, 0.15) is 297 Å². The number of carbonyl (C=O) groups excluding carboxylic acids is 3. The molecule has 0 aromatic heterocycles. The van der Waals surface area contributed by atoms with Crippen LogP contribution in [-0.4, -0.2) is 37.2 Å². The molecule has 6 heteroatoms. The van der Waals surface area contributed by atoms with Crippen molar-refractivity contribution in [2.75, 3.05) is 13.2 Å². The topological polar surface area (TPSA) is 78.9 Å². The van der Waals surface area contributed by atoms with Crippen molar-refractivity contribution in [1.29, 1.82) is 0 Å². The Morgan fingerprint density at radius 1 is 0.309 bits per heavy atom. The van der Waals surface area contributed by atoms with Crippen LogP contribution in [0.3, 0.4) is 0 Å². The minimum absolute atomic E-state index is 0.0877. The van der Waals surface area contributed by atoms with Crippen molar-refractivity contribution in [3.05, 3.63) is 60.8 Å². The molecule has 1 atom stereocenters. The van der Waals surface area contributed by atoms with Crippen LogP contribution in [-0.2, 0) is 28.6 Å². The van der Waals surface area contributed by atoms with Crippen molar-refractivity contribution in [3.63, 3.8) is 0 Å². The van der Waals surface area contributed by atoms with E-state index in [2.05, 4.69) is 81.5 Å². The molecular formula is C62H110O6. The van der Waals surface area contributed by atoms with Gasteiger partial charge in [-0.25, -0.2) is 0 Å². The van der Waals surface area contributed by atoms with Gasteiger partial charge in [-0.1, -0.05) is 236 Å². The quantitative estimate of drug-likeness (QED) is 0.0199. The van der Waals surface area contributed by atoms with E-state index < -0.39 is 6.10 Å². The van der Waals surface area contributed by atoms with Crippen LogP contribution in [0, 0.1) is 0 Å². The SMILES string of the molecule is CCCCC/C=C\C/C=C\CCCCCCCCCC(=O)OCC(COC(=O)CCCCC/C=C\C=C/CCCCCCCCC)OC(=O)CCCCCCCCC/C=C\CCCCCCCC. The second-order valence-corrected chi connectivity index (χ2v) is 19.6. The van der Waals surface area contributed by atoms with E-state index in [-0.39, 0.29) is 31.1 Å². The third kappa shape index (κ3) is 54.1. The van der Waals surface area contributed by atoms with Crippen LogP contribution < -0.4 is 0 Å². The molecule has 0 aromatic rings. The minimum Gasteiger partial charge on any atom is -0.462 e. The van der Waals surface area contributed by atoms with Crippen molar-refractivity contribution in [1.82, 2.24) is 0 Å². The maximum absolute atomic E-state index is 12.9. The summed E-state index contributed by atoms with van der Waals surface area (Å²) < 4.78 is 16.9. The Bertz CT molecular complexity index is 1230. The zero-order chi connectivity index (χ0) is 49.3. The van der Waals surface area contributed by atoms with E-state index in [4.69, 9.17) is 14.2 Å². The first-order valence-corrected chi connectivity index (χ1v) is 29.3. The van der Waals surface area contributed by atoms with Crippen molar-refractivity contribution in [2.45, 2.75) is 303 Å². The molecule has 0 aliphatic rings. The summed E-state index contributed by atoms with van der Waals surface area (Å²) in [7, 11) is 0. The van der Waals surface area contributed by atoms with Crippen molar-refractivity contribution >= 4 is 17.9 Å². The molecule has 0 radical (unpaired) electrons. The van der Waals surface area contributed by atoms with Crippen LogP contribution in [0.15, 0.2) is 60.8 Å². The minimum atomic E-state index is -0.791. The molecule has 0 aromatic carbocycles. The normalized spacial score (nSPS) is 12.5. The number of hydrogen-bond donors (Lipinski definition) is 0. The van der Waals surface area contributed by atoms with E-state index in [1.165, 1.54) is 173 Å². The Morgan fingerprint density at radius 3 is 0.956 bits per heavy atom. The highest BCUT2D eigenvalue weighted by Gasteiger charge is 2.19. The lowest BCUT2D eigenvalue weighted by Gasteiger charge is -2.18. The van der Waals surface area contributed by atoms with Crippen molar-refractivity contribution in [3.8, 4) is 0 Å². The Balaban J connectivity index is 4.43. The predicted octanol–water partition coefficient (Wildman–Crippen LogP) is 19.6. The molecule has 0 heterocycles. The molecular weight excluding hydrogens is 841 g/mol. The molecule has 0 rings (SSSR count). The van der Waals surface area contributed by atoms with Crippen molar-refractivity contribution in [2.24, 2.45) is 0 Å². The van der Waals surface area contributed by atoms with Gasteiger partial charge in [0.2, 0.25) is 0 Å². The Kier molecular flexibility index (Phi) is 54.3. The van der Waals surface area contributed by atoms with E-state index in [0.717, 1.165) is 83.5 Å². The highest BCUT2D eigenvalue weighted by Crippen LogP contribution is 2.15. The van der Waals surface area contributed by atoms with Crippen LogP contribution in [0.2, 0.25) is 0 Å². The monoisotopic (exact) mass is 951 g/mol. The molecule has 394 valence electrons. The average molecular weight is 952 g/mol. The van der Waals surface area contributed by atoms with Gasteiger partial charge in [0.25, 0.3) is 0 Å². The third-order valence-electron chi connectivity index (χ3n) is 12.7. The maximum Gasteiger partial charge on any atom is 0.306 e. The molecule has 0 saturated carbocycles. The summed E-state index contributed by atoms with van der Waals surface area (Å²) in [5.74, 6) is -0.915. The fourth-order valence-electron chi connectivity index (χ4n) is 8.28. The van der Waals surface area contributed by atoms with Crippen molar-refractivity contribution < 1.29 is 28.6 Å². The zero-order valence-corrected chi connectivity index (χ0v) is 45.1. The first kappa shape index (κ1) is 65.1. The first-order chi connectivity index (χ1) is 33.5. The Labute approximate surface area is 421 Å². The lowest BCUT2D eigenvalue weighted by molar-refractivity contribution is -0.167. The van der Waals surface area contributed by atoms with Crippen LogP contribution in [0.4, 0.5) is 0 Å². The fraction of sp³-hybridized carbons (Fsp3) is 0.790. The number of rotatable bonds is 53. The van der Waals surface area contributed by atoms with Gasteiger partial charge in [-0.2, -0.15) is 0 Å². The summed E-state index contributed by atoms with van der Waals surface area (Å²) in [5.41, 5.74) is 0. The maximum atomic E-state index is 12.9. The highest BCUT2D eigenvalue weighted by atomic mass is 16.6. The van der Waals surface area contributed by atoms with E-state index >= 15 is 0 Å². The summed E-state index contributed by atoms with van der Waals surface area (Å²) in [6, 6.07) is 0. The molecule has 1 unspecified atom stereocenters. The largest absolute Gasteiger partial charge is 0.462 e. The van der Waals surface area contributed by atoms with Gasteiger partial charge in [-0.05, 0) is 103 Å². The standard InChI is InChI=1S/C62H110O6/c1-4-7-10-13-16-19-22-25-28-31-34-37-40-43-46-49-52-55-61(64)67-58-59(57-66-60(63)54-51-48-45-42-39-36-33-30-27-24-21-18-15-12-9-6-3)68-62(65)56-53-50-47-44-41-38-35-32-29-26-23-20-17-14-11-8-5-2/h16,19,25-26,28-30,33,36,39,59H,4-15,17-18,20-24,27,31-32,34-35,37-38,40-58H2,1-3H3/b19-16-,28-25-,29-26-,33-30-,39-36-. The van der Waals surface area contributed by atoms with Gasteiger partial charge in [0, 0.05) is 19.3 Å². The molecule has 0 amide bonds. The van der Waals surface area contributed by atoms with E-state index in [0.29, 0.717) is 19.3 Å². The van der Waals surface area contributed by atoms with E-state index in [1.54, 1.807) is 0 Å². The number of carbonyl (C=O) groups is 3. The van der Waals surface area contributed by atoms with Gasteiger partial charge in [-0.15, -0.1) is 0 Å². The first-order valence-electron chi connectivity index (χ1n) is 29.3. The summed E-state index contributed by atoms with van der Waals surface area (Å²) >= 11 is 0. The van der Waals surface area contributed by atoms with Crippen LogP contribution in [0.25, 0.3) is 0 Å². The Morgan fingerprint density at radius 2 is 0.574 bits per heavy atom. The molecule has 0 aliphatic carbocycles. The molecule has 0 bridgehead atoms. The smallest absolute Gasteiger partial charge is 0.306 e. The lowest BCUT2D eigenvalue weighted by atomic mass is 10.1. The lowest BCUT2D eigenvalue weighted by Crippen LogP contribution is -2.30. The highest BCUT2D eigenvalue weighted by molar-refractivity contribution is 5.71. The molecule has 0 saturated heterocycles. The third-order valence-corrected chi connectivity index (χ3v) is 12.7. The van der Waals surface area contributed by atoms with E-state index in [9.17, 15) is 14.4 Å². The molecule has 0 N–H and O–H groups in total. The van der Waals surface area contributed by atoms with Crippen LogP contribution >= 0.6 is 0 Å². The van der Waals surface area contributed by atoms with Crippen LogP contribution in [0.5, 0.6) is 0 Å². The number of esters is 3. The van der Waals surface area contributed by atoms with Gasteiger partial charge >= 0.3 is 17.9 Å². The number of unbranched alkanes of at least 4 members (excludes halogenated alkanes) is 33. The predicted molar refractivity (Wildman–Crippen MR) is 293 cm³/mol. The van der Waals surface area contributed by atoms with E-state index in [1.807, 2.05) is 0 Å². The molecule has 68 heavy (non-hydrogen) atoms. The van der Waals surface area contributed by atoms with Gasteiger partial charge in [0.15, 0.2) is 6.10 Å². The number of ether oxygens (including phenoxy) is 3. The number of hydrogen-bond acceptors (Lipinski definition) is 6. The molecule has 0 fully saturated rings. The number of allylic oxidation sites excluding steroid dienone is 10. The van der Waals surface area contributed by atoms with Gasteiger partial charge in [0.05, 0.1) is 0 Å². The second kappa shape index (κ2) is 56.7. The second-order valence-electron chi connectivity index (χ2n) is 19.6. The molecule has 0 spiro atoms. The summed E-state index contributed by atoms with van der Waals surface area (Å²) in [4.78, 5) is 38.2. The zero-order valence-electron chi connectivity index (χ0n) is 45.1. The van der Waals surface area contributed by atoms with Gasteiger partial charge < -0.3 is 14.2 Å². The Hall–Kier alpha value is -2.89. The summed E-state index contributed by atoms with van der Waals surface area (Å²) in [5, 5.41) is 0. The molecule has 6 nitrogen and oxygen atoms in total. The summed E-state index contributed by atoms with van der Waals surface area (Å²) in [6.07, 6.45) is 70.6. The van der Waals surface area contributed by atoms with Gasteiger partial charge in [-0.3, -0.25) is 14.4 Å². The fourth-order valence-corrected chi connectivity index (χ4v) is 8.28.